The molecule has 2 heterocycles. The Morgan fingerprint density at radius 1 is 1.22 bits per heavy atom. The molecule has 3 aromatic rings. The molecular formula is C18H17N3OS. The summed E-state index contributed by atoms with van der Waals surface area (Å²) in [7, 11) is 0. The minimum absolute atomic E-state index is 0.0104. The van der Waals surface area contributed by atoms with E-state index >= 15 is 0 Å². The number of aromatic nitrogens is 2. The summed E-state index contributed by atoms with van der Waals surface area (Å²) >= 11 is 1.58. The molecule has 0 spiro atoms. The number of pyridine rings is 1. The molecule has 4 nitrogen and oxygen atoms in total. The van der Waals surface area contributed by atoms with Crippen LogP contribution < -0.4 is 5.32 Å². The minimum atomic E-state index is 0.0104. The van der Waals surface area contributed by atoms with E-state index in [2.05, 4.69) is 15.3 Å². The molecule has 0 atom stereocenters. The topological polar surface area (TPSA) is 54.9 Å². The molecule has 2 aromatic heterocycles. The van der Waals surface area contributed by atoms with Gasteiger partial charge in [-0.3, -0.25) is 9.78 Å². The van der Waals surface area contributed by atoms with Gasteiger partial charge < -0.3 is 5.32 Å². The molecular weight excluding hydrogens is 306 g/mol. The van der Waals surface area contributed by atoms with Crippen molar-refractivity contribution >= 4 is 22.9 Å². The number of carbonyl (C=O) groups excluding carboxylic acids is 1. The predicted molar refractivity (Wildman–Crippen MR) is 93.5 cm³/mol. The second-order valence-electron chi connectivity index (χ2n) is 5.28. The highest BCUT2D eigenvalue weighted by Gasteiger charge is 2.08. The van der Waals surface area contributed by atoms with E-state index in [-0.39, 0.29) is 5.91 Å². The average Bonchev–Trinajstić information content (AvgIpc) is 3.03. The van der Waals surface area contributed by atoms with Crippen molar-refractivity contribution in [3.63, 3.8) is 0 Å². The molecule has 1 N–H and O–H groups in total. The lowest BCUT2D eigenvalue weighted by Gasteiger charge is -2.05. The summed E-state index contributed by atoms with van der Waals surface area (Å²) in [5.74, 6) is 0.0104. The van der Waals surface area contributed by atoms with Gasteiger partial charge in [0.25, 0.3) is 0 Å². The van der Waals surface area contributed by atoms with Gasteiger partial charge in [-0.15, -0.1) is 11.3 Å². The van der Waals surface area contributed by atoms with E-state index in [1.807, 2.05) is 48.7 Å². The summed E-state index contributed by atoms with van der Waals surface area (Å²) in [5, 5.41) is 5.91. The number of aryl methyl sites for hydroxylation is 2. The zero-order chi connectivity index (χ0) is 16.1. The van der Waals surface area contributed by atoms with Crippen LogP contribution in [0.5, 0.6) is 0 Å². The Labute approximate surface area is 139 Å². The molecule has 116 valence electrons. The SMILES string of the molecule is Cc1cccc(NC(=O)CCc2nc(-c3ccncc3)cs2)c1. The lowest BCUT2D eigenvalue weighted by molar-refractivity contribution is -0.116. The van der Waals surface area contributed by atoms with Gasteiger partial charge in [-0.05, 0) is 36.8 Å². The molecule has 3 rings (SSSR count). The predicted octanol–water partition coefficient (Wildman–Crippen LogP) is 4.08. The largest absolute Gasteiger partial charge is 0.326 e. The Morgan fingerprint density at radius 3 is 2.83 bits per heavy atom. The number of rotatable bonds is 5. The average molecular weight is 323 g/mol. The van der Waals surface area contributed by atoms with Crippen molar-refractivity contribution in [2.24, 2.45) is 0 Å². The first-order chi connectivity index (χ1) is 11.2. The van der Waals surface area contributed by atoms with Gasteiger partial charge in [0.2, 0.25) is 5.91 Å². The first-order valence-corrected chi connectivity index (χ1v) is 8.30. The summed E-state index contributed by atoms with van der Waals surface area (Å²) in [6, 6.07) is 11.7. The van der Waals surface area contributed by atoms with Crippen LogP contribution in [-0.4, -0.2) is 15.9 Å². The van der Waals surface area contributed by atoms with Crippen molar-refractivity contribution in [1.29, 1.82) is 0 Å². The van der Waals surface area contributed by atoms with Gasteiger partial charge in [-0.1, -0.05) is 12.1 Å². The van der Waals surface area contributed by atoms with Gasteiger partial charge in [0.05, 0.1) is 10.7 Å². The molecule has 1 amide bonds. The first kappa shape index (κ1) is 15.4. The van der Waals surface area contributed by atoms with Crippen LogP contribution in [0, 0.1) is 6.92 Å². The molecule has 5 heteroatoms. The maximum absolute atomic E-state index is 12.0. The number of benzene rings is 1. The first-order valence-electron chi connectivity index (χ1n) is 7.42. The van der Waals surface area contributed by atoms with Crippen molar-refractivity contribution in [1.82, 2.24) is 9.97 Å². The summed E-state index contributed by atoms with van der Waals surface area (Å²) in [4.78, 5) is 20.6. The van der Waals surface area contributed by atoms with Crippen molar-refractivity contribution < 1.29 is 4.79 Å². The van der Waals surface area contributed by atoms with E-state index in [1.54, 1.807) is 23.7 Å². The van der Waals surface area contributed by atoms with E-state index < -0.39 is 0 Å². The Hall–Kier alpha value is -2.53. The number of hydrogen-bond acceptors (Lipinski definition) is 4. The Balaban J connectivity index is 1.56. The van der Waals surface area contributed by atoms with Crippen LogP contribution in [0.15, 0.2) is 54.2 Å². The number of amides is 1. The molecule has 0 saturated carbocycles. The number of hydrogen-bond donors (Lipinski definition) is 1. The second-order valence-corrected chi connectivity index (χ2v) is 6.22. The van der Waals surface area contributed by atoms with Crippen LogP contribution >= 0.6 is 11.3 Å². The van der Waals surface area contributed by atoms with Gasteiger partial charge >= 0.3 is 0 Å². The maximum atomic E-state index is 12.0. The van der Waals surface area contributed by atoms with Crippen molar-refractivity contribution in [2.45, 2.75) is 19.8 Å². The molecule has 0 saturated heterocycles. The third-order valence-corrected chi connectivity index (χ3v) is 4.30. The van der Waals surface area contributed by atoms with Crippen molar-refractivity contribution in [2.75, 3.05) is 5.32 Å². The quantitative estimate of drug-likeness (QED) is 0.769. The highest BCUT2D eigenvalue weighted by molar-refractivity contribution is 7.09. The highest BCUT2D eigenvalue weighted by Crippen LogP contribution is 2.22. The molecule has 0 fully saturated rings. The summed E-state index contributed by atoms with van der Waals surface area (Å²) < 4.78 is 0. The molecule has 0 radical (unpaired) electrons. The van der Waals surface area contributed by atoms with Crippen LogP contribution in [0.1, 0.15) is 17.0 Å². The summed E-state index contributed by atoms with van der Waals surface area (Å²) in [6.45, 7) is 2.01. The Bertz CT molecular complexity index is 799. The van der Waals surface area contributed by atoms with Crippen molar-refractivity contribution in [3.8, 4) is 11.3 Å². The van der Waals surface area contributed by atoms with Crippen LogP contribution in [0.4, 0.5) is 5.69 Å². The van der Waals surface area contributed by atoms with E-state index in [0.29, 0.717) is 12.8 Å². The van der Waals surface area contributed by atoms with Gasteiger partial charge in [0.15, 0.2) is 0 Å². The molecule has 0 unspecified atom stereocenters. The van der Waals surface area contributed by atoms with E-state index in [0.717, 1.165) is 27.5 Å². The van der Waals surface area contributed by atoms with Gasteiger partial charge in [0, 0.05) is 41.9 Å². The summed E-state index contributed by atoms with van der Waals surface area (Å²) in [5.41, 5.74) is 3.95. The Kier molecular flexibility index (Phi) is 4.78. The van der Waals surface area contributed by atoms with E-state index in [9.17, 15) is 4.79 Å². The van der Waals surface area contributed by atoms with Crippen molar-refractivity contribution in [3.05, 3.63) is 64.7 Å². The normalized spacial score (nSPS) is 10.5. The van der Waals surface area contributed by atoms with Crippen LogP contribution in [-0.2, 0) is 11.2 Å². The van der Waals surface area contributed by atoms with Crippen LogP contribution in [0.3, 0.4) is 0 Å². The fourth-order valence-electron chi connectivity index (χ4n) is 2.25. The van der Waals surface area contributed by atoms with Crippen LogP contribution in [0.2, 0.25) is 0 Å². The second kappa shape index (κ2) is 7.15. The van der Waals surface area contributed by atoms with E-state index in [1.165, 1.54) is 0 Å². The fourth-order valence-corrected chi connectivity index (χ4v) is 3.06. The molecule has 0 aliphatic rings. The van der Waals surface area contributed by atoms with Gasteiger partial charge in [-0.2, -0.15) is 0 Å². The zero-order valence-electron chi connectivity index (χ0n) is 12.8. The number of nitrogens with one attached hydrogen (secondary N) is 1. The molecule has 1 aromatic carbocycles. The number of carbonyl (C=O) groups is 1. The Morgan fingerprint density at radius 2 is 2.04 bits per heavy atom. The third-order valence-electron chi connectivity index (χ3n) is 3.40. The highest BCUT2D eigenvalue weighted by atomic mass is 32.1. The number of thiazole rings is 1. The number of nitrogens with zero attached hydrogens (tertiary/aromatic N) is 2. The smallest absolute Gasteiger partial charge is 0.224 e. The molecule has 0 bridgehead atoms. The third kappa shape index (κ3) is 4.23. The molecule has 23 heavy (non-hydrogen) atoms. The maximum Gasteiger partial charge on any atom is 0.224 e. The summed E-state index contributed by atoms with van der Waals surface area (Å²) in [6.07, 6.45) is 4.58. The zero-order valence-corrected chi connectivity index (χ0v) is 13.6. The minimum Gasteiger partial charge on any atom is -0.326 e. The van der Waals surface area contributed by atoms with Crippen LogP contribution in [0.25, 0.3) is 11.3 Å². The lowest BCUT2D eigenvalue weighted by atomic mass is 10.2. The van der Waals surface area contributed by atoms with E-state index in [4.69, 9.17) is 0 Å². The monoisotopic (exact) mass is 323 g/mol. The fraction of sp³-hybridized carbons (Fsp3) is 0.167. The number of anilines is 1. The molecule has 0 aliphatic carbocycles. The van der Waals surface area contributed by atoms with Gasteiger partial charge in [-0.25, -0.2) is 4.98 Å². The van der Waals surface area contributed by atoms with Gasteiger partial charge in [0.1, 0.15) is 0 Å². The standard InChI is InChI=1S/C18H17N3OS/c1-13-3-2-4-15(11-13)20-17(22)5-6-18-21-16(12-23-18)14-7-9-19-10-8-14/h2-4,7-12H,5-6H2,1H3,(H,20,22). The molecule has 0 aliphatic heterocycles. The lowest BCUT2D eigenvalue weighted by Crippen LogP contribution is -2.12.